The fourth-order valence-electron chi connectivity index (χ4n) is 1.75. The van der Waals surface area contributed by atoms with Crippen LogP contribution in [-0.4, -0.2) is 32.4 Å². The predicted molar refractivity (Wildman–Crippen MR) is 55.5 cm³/mol. The van der Waals surface area contributed by atoms with E-state index in [4.69, 9.17) is 0 Å². The van der Waals surface area contributed by atoms with Gasteiger partial charge in [0.05, 0.1) is 0 Å². The van der Waals surface area contributed by atoms with Crippen LogP contribution in [0.3, 0.4) is 0 Å². The lowest BCUT2D eigenvalue weighted by Crippen LogP contribution is -2.40. The van der Waals surface area contributed by atoms with Crippen molar-refractivity contribution >= 4 is 8.41 Å². The van der Waals surface area contributed by atoms with Crippen molar-refractivity contribution in [3.8, 4) is 0 Å². The maximum absolute atomic E-state index is 2.63. The van der Waals surface area contributed by atoms with Gasteiger partial charge in [-0.1, -0.05) is 20.3 Å². The minimum atomic E-state index is 0. The molecule has 0 aromatic rings. The van der Waals surface area contributed by atoms with Gasteiger partial charge in [0.25, 0.3) is 0 Å². The topological polar surface area (TPSA) is 3.24 Å². The Balaban J connectivity index is 0.00000121. The molecule has 0 aliphatic carbocycles. The molecule has 1 nitrogen and oxygen atoms in total. The van der Waals surface area contributed by atoms with Gasteiger partial charge in [0.15, 0.2) is 0 Å². The molecule has 0 amide bonds. The van der Waals surface area contributed by atoms with E-state index in [0.717, 1.165) is 12.0 Å². The highest BCUT2D eigenvalue weighted by molar-refractivity contribution is 5.75. The van der Waals surface area contributed by atoms with Crippen molar-refractivity contribution < 1.29 is 0 Å². The molecule has 1 atom stereocenters. The minimum Gasteiger partial charge on any atom is -0.300 e. The Hall–Kier alpha value is 0.0249. The van der Waals surface area contributed by atoms with Gasteiger partial charge in [-0.2, -0.15) is 0 Å². The zero-order chi connectivity index (χ0) is 8.27. The van der Waals surface area contributed by atoms with Crippen LogP contribution < -0.4 is 0 Å². The standard InChI is InChI=1S/C10H21N.B/c1-9(2)10(3)11-7-5-4-6-8-11;/h9-10H,4-8H2,1-3H3;. The molecule has 1 aliphatic rings. The molecule has 1 aliphatic heterocycles. The molecule has 2 heteroatoms. The van der Waals surface area contributed by atoms with Crippen molar-refractivity contribution in [1.82, 2.24) is 4.90 Å². The van der Waals surface area contributed by atoms with Crippen LogP contribution in [0.1, 0.15) is 40.0 Å². The number of hydrogen-bond acceptors (Lipinski definition) is 1. The lowest BCUT2D eigenvalue weighted by atomic mass is 10.0. The first-order valence-corrected chi connectivity index (χ1v) is 4.96. The summed E-state index contributed by atoms with van der Waals surface area (Å²) in [6.07, 6.45) is 4.27. The first-order valence-electron chi connectivity index (χ1n) is 4.96. The SMILES string of the molecule is CC(C)C(C)N1CCCCC1.[B]. The number of piperidine rings is 1. The van der Waals surface area contributed by atoms with E-state index in [-0.39, 0.29) is 8.41 Å². The van der Waals surface area contributed by atoms with E-state index in [2.05, 4.69) is 25.7 Å². The number of likely N-dealkylation sites (tertiary alicyclic amines) is 1. The first kappa shape index (κ1) is 12.0. The zero-order valence-electron chi connectivity index (χ0n) is 8.71. The molecular weight excluding hydrogens is 145 g/mol. The molecule has 0 N–H and O–H groups in total. The summed E-state index contributed by atoms with van der Waals surface area (Å²) in [6.45, 7) is 9.66. The molecule has 1 heterocycles. The van der Waals surface area contributed by atoms with Gasteiger partial charge in [-0.25, -0.2) is 0 Å². The molecule has 0 spiro atoms. The third-order valence-corrected chi connectivity index (χ3v) is 2.93. The molecule has 0 bridgehead atoms. The highest BCUT2D eigenvalue weighted by Gasteiger charge is 2.18. The summed E-state index contributed by atoms with van der Waals surface area (Å²) in [5, 5.41) is 0. The quantitative estimate of drug-likeness (QED) is 0.568. The molecule has 1 rings (SSSR count). The highest BCUT2D eigenvalue weighted by atomic mass is 15.2. The molecule has 0 saturated carbocycles. The van der Waals surface area contributed by atoms with Crippen molar-refractivity contribution in [3.63, 3.8) is 0 Å². The van der Waals surface area contributed by atoms with E-state index in [1.165, 1.54) is 32.4 Å². The second-order valence-electron chi connectivity index (χ2n) is 4.08. The van der Waals surface area contributed by atoms with E-state index in [1.807, 2.05) is 0 Å². The average Bonchev–Trinajstić information content (AvgIpc) is 2.05. The van der Waals surface area contributed by atoms with Crippen LogP contribution in [0.5, 0.6) is 0 Å². The highest BCUT2D eigenvalue weighted by Crippen LogP contribution is 2.16. The zero-order valence-corrected chi connectivity index (χ0v) is 8.71. The summed E-state index contributed by atoms with van der Waals surface area (Å²) in [4.78, 5) is 2.63. The van der Waals surface area contributed by atoms with Crippen LogP contribution >= 0.6 is 0 Å². The fourth-order valence-corrected chi connectivity index (χ4v) is 1.75. The van der Waals surface area contributed by atoms with Gasteiger partial charge >= 0.3 is 0 Å². The maximum atomic E-state index is 2.63. The average molecular weight is 166 g/mol. The monoisotopic (exact) mass is 166 g/mol. The van der Waals surface area contributed by atoms with Gasteiger partial charge in [-0.15, -0.1) is 0 Å². The van der Waals surface area contributed by atoms with E-state index >= 15 is 0 Å². The van der Waals surface area contributed by atoms with Gasteiger partial charge in [0.1, 0.15) is 0 Å². The summed E-state index contributed by atoms with van der Waals surface area (Å²) in [7, 11) is 0. The maximum Gasteiger partial charge on any atom is 0.00899 e. The van der Waals surface area contributed by atoms with Crippen molar-refractivity contribution in [2.75, 3.05) is 13.1 Å². The number of rotatable bonds is 2. The third kappa shape index (κ3) is 3.18. The van der Waals surface area contributed by atoms with Crippen LogP contribution in [0, 0.1) is 5.92 Å². The summed E-state index contributed by atoms with van der Waals surface area (Å²) >= 11 is 0. The van der Waals surface area contributed by atoms with Gasteiger partial charge in [-0.05, 0) is 38.8 Å². The van der Waals surface area contributed by atoms with E-state index in [1.54, 1.807) is 0 Å². The summed E-state index contributed by atoms with van der Waals surface area (Å²) < 4.78 is 0. The molecular formula is C10H21BN. The van der Waals surface area contributed by atoms with Crippen LogP contribution in [0.25, 0.3) is 0 Å². The second kappa shape index (κ2) is 5.63. The van der Waals surface area contributed by atoms with Crippen LogP contribution in [0.4, 0.5) is 0 Å². The van der Waals surface area contributed by atoms with E-state index in [9.17, 15) is 0 Å². The molecule has 1 fully saturated rings. The summed E-state index contributed by atoms with van der Waals surface area (Å²) in [6, 6.07) is 0.787. The Kier molecular flexibility index (Phi) is 5.64. The number of hydrogen-bond donors (Lipinski definition) is 0. The Morgan fingerprint density at radius 2 is 1.42 bits per heavy atom. The van der Waals surface area contributed by atoms with Crippen LogP contribution in [0.2, 0.25) is 0 Å². The minimum absolute atomic E-state index is 0. The normalized spacial score (nSPS) is 22.0. The molecule has 1 saturated heterocycles. The summed E-state index contributed by atoms with van der Waals surface area (Å²) in [5.41, 5.74) is 0. The molecule has 0 aromatic carbocycles. The lowest BCUT2D eigenvalue weighted by molar-refractivity contribution is 0.140. The van der Waals surface area contributed by atoms with Gasteiger partial charge in [-0.3, -0.25) is 0 Å². The van der Waals surface area contributed by atoms with Crippen molar-refractivity contribution in [2.24, 2.45) is 5.92 Å². The van der Waals surface area contributed by atoms with Gasteiger partial charge in [0, 0.05) is 14.5 Å². The van der Waals surface area contributed by atoms with Crippen molar-refractivity contribution in [1.29, 1.82) is 0 Å². The Bertz CT molecular complexity index is 108. The first-order chi connectivity index (χ1) is 5.22. The second-order valence-corrected chi connectivity index (χ2v) is 4.08. The van der Waals surface area contributed by atoms with Crippen LogP contribution in [-0.2, 0) is 0 Å². The lowest BCUT2D eigenvalue weighted by Gasteiger charge is -2.34. The predicted octanol–water partition coefficient (Wildman–Crippen LogP) is 2.14. The third-order valence-electron chi connectivity index (χ3n) is 2.93. The Labute approximate surface area is 79.1 Å². The molecule has 69 valence electrons. The van der Waals surface area contributed by atoms with Crippen molar-refractivity contribution in [3.05, 3.63) is 0 Å². The Morgan fingerprint density at radius 3 is 1.83 bits per heavy atom. The molecule has 12 heavy (non-hydrogen) atoms. The molecule has 3 radical (unpaired) electrons. The smallest absolute Gasteiger partial charge is 0.00899 e. The number of nitrogens with zero attached hydrogens (tertiary/aromatic N) is 1. The van der Waals surface area contributed by atoms with Crippen LogP contribution in [0.15, 0.2) is 0 Å². The molecule has 0 aromatic heterocycles. The van der Waals surface area contributed by atoms with Gasteiger partial charge in [0.2, 0.25) is 0 Å². The Morgan fingerprint density at radius 1 is 0.917 bits per heavy atom. The largest absolute Gasteiger partial charge is 0.300 e. The van der Waals surface area contributed by atoms with Crippen molar-refractivity contribution in [2.45, 2.75) is 46.1 Å². The molecule has 1 unspecified atom stereocenters. The summed E-state index contributed by atoms with van der Waals surface area (Å²) in [5.74, 6) is 0.813. The van der Waals surface area contributed by atoms with E-state index < -0.39 is 0 Å². The van der Waals surface area contributed by atoms with Gasteiger partial charge < -0.3 is 4.90 Å². The van der Waals surface area contributed by atoms with E-state index in [0.29, 0.717) is 0 Å². The fraction of sp³-hybridized carbons (Fsp3) is 1.00.